The first kappa shape index (κ1) is 12.1. The Morgan fingerprint density at radius 2 is 1.70 bits per heavy atom. The number of nitrogens with zero attached hydrogens (tertiary/aromatic N) is 2. The zero-order valence-corrected chi connectivity index (χ0v) is 10.4. The van der Waals surface area contributed by atoms with Crippen LogP contribution in [0.3, 0.4) is 0 Å². The first-order valence-corrected chi connectivity index (χ1v) is 6.00. The molecular weight excluding hydrogens is 256 g/mol. The van der Waals surface area contributed by atoms with Gasteiger partial charge in [-0.25, -0.2) is 9.78 Å². The topological polar surface area (TPSA) is 61.2 Å². The van der Waals surface area contributed by atoms with E-state index in [9.17, 15) is 9.59 Å². The molecule has 0 aliphatic heterocycles. The summed E-state index contributed by atoms with van der Waals surface area (Å²) in [6, 6.07) is 15.3. The summed E-state index contributed by atoms with van der Waals surface area (Å²) in [5.74, 6) is -0.607. The Kier molecular flexibility index (Phi) is 3.01. The summed E-state index contributed by atoms with van der Waals surface area (Å²) in [5, 5.41) is 0.399. The molecule has 0 saturated carbocycles. The second-order valence-corrected chi connectivity index (χ2v) is 4.14. The van der Waals surface area contributed by atoms with Crippen molar-refractivity contribution in [1.82, 2.24) is 9.71 Å². The molecule has 0 fully saturated rings. The Hall–Kier alpha value is -2.95. The molecule has 20 heavy (non-hydrogen) atoms. The first-order chi connectivity index (χ1) is 9.75. The molecule has 0 amide bonds. The second kappa shape index (κ2) is 4.97. The molecule has 5 heteroatoms. The van der Waals surface area contributed by atoms with E-state index >= 15 is 0 Å². The predicted octanol–water partition coefficient (Wildman–Crippen LogP) is 1.67. The van der Waals surface area contributed by atoms with Crippen LogP contribution in [0.15, 0.2) is 65.7 Å². The van der Waals surface area contributed by atoms with Crippen molar-refractivity contribution in [3.63, 3.8) is 0 Å². The molecule has 2 aromatic carbocycles. The summed E-state index contributed by atoms with van der Waals surface area (Å²) in [6.45, 7) is 0. The lowest BCUT2D eigenvalue weighted by Crippen LogP contribution is -2.31. The summed E-state index contributed by atoms with van der Waals surface area (Å²) < 4.78 is 0.845. The Balaban J connectivity index is 1.98. The first-order valence-electron chi connectivity index (χ1n) is 6.00. The lowest BCUT2D eigenvalue weighted by atomic mass is 10.2. The third-order valence-corrected chi connectivity index (χ3v) is 2.83. The molecule has 1 heterocycles. The average Bonchev–Trinajstić information content (AvgIpc) is 2.51. The van der Waals surface area contributed by atoms with E-state index < -0.39 is 11.5 Å². The minimum Gasteiger partial charge on any atom is -0.326 e. The minimum atomic E-state index is -0.607. The molecule has 1 aromatic heterocycles. The average molecular weight is 266 g/mol. The molecule has 0 aliphatic carbocycles. The summed E-state index contributed by atoms with van der Waals surface area (Å²) >= 11 is 0. The molecule has 0 radical (unpaired) electrons. The van der Waals surface area contributed by atoms with E-state index in [2.05, 4.69) is 4.98 Å². The normalized spacial score (nSPS) is 10.4. The van der Waals surface area contributed by atoms with Crippen LogP contribution in [0.2, 0.25) is 0 Å². The maximum Gasteiger partial charge on any atom is 0.363 e. The number of rotatable bonds is 2. The van der Waals surface area contributed by atoms with Crippen molar-refractivity contribution in [3.8, 4) is 0 Å². The Bertz CT molecular complexity index is 825. The molecule has 0 saturated heterocycles. The van der Waals surface area contributed by atoms with Crippen LogP contribution >= 0.6 is 0 Å². The molecular formula is C15H10N2O3. The van der Waals surface area contributed by atoms with Gasteiger partial charge in [0.15, 0.2) is 0 Å². The second-order valence-electron chi connectivity index (χ2n) is 4.14. The van der Waals surface area contributed by atoms with Gasteiger partial charge < -0.3 is 4.84 Å². The van der Waals surface area contributed by atoms with Crippen LogP contribution in [0.1, 0.15) is 10.4 Å². The number of para-hydroxylation sites is 1. The summed E-state index contributed by atoms with van der Waals surface area (Å²) in [7, 11) is 0. The highest BCUT2D eigenvalue weighted by molar-refractivity contribution is 5.89. The van der Waals surface area contributed by atoms with E-state index in [1.54, 1.807) is 54.6 Å². The van der Waals surface area contributed by atoms with Crippen molar-refractivity contribution in [3.05, 3.63) is 76.8 Å². The van der Waals surface area contributed by atoms with Crippen LogP contribution < -0.4 is 10.4 Å². The smallest absolute Gasteiger partial charge is 0.326 e. The number of benzene rings is 2. The van der Waals surface area contributed by atoms with Crippen LogP contribution in [0.4, 0.5) is 0 Å². The van der Waals surface area contributed by atoms with E-state index in [1.807, 2.05) is 0 Å². The van der Waals surface area contributed by atoms with Crippen molar-refractivity contribution < 1.29 is 9.63 Å². The number of hydrogen-bond donors (Lipinski definition) is 0. The van der Waals surface area contributed by atoms with E-state index in [0.717, 1.165) is 4.73 Å². The Morgan fingerprint density at radius 3 is 2.50 bits per heavy atom. The highest BCUT2D eigenvalue weighted by Crippen LogP contribution is 2.04. The predicted molar refractivity (Wildman–Crippen MR) is 73.4 cm³/mol. The standard InChI is InChI=1S/C15H10N2O3/c18-14-12-8-4-5-9-13(12)16-10-17(14)20-15(19)11-6-2-1-3-7-11/h1-10H. The van der Waals surface area contributed by atoms with E-state index in [0.29, 0.717) is 16.5 Å². The van der Waals surface area contributed by atoms with Gasteiger partial charge in [-0.05, 0) is 24.3 Å². The number of fused-ring (bicyclic) bond motifs is 1. The maximum atomic E-state index is 12.1. The van der Waals surface area contributed by atoms with Crippen LogP contribution in [0.25, 0.3) is 10.9 Å². The zero-order valence-electron chi connectivity index (χ0n) is 10.4. The maximum absolute atomic E-state index is 12.1. The van der Waals surface area contributed by atoms with Crippen LogP contribution in [0, 0.1) is 0 Å². The molecule has 98 valence electrons. The van der Waals surface area contributed by atoms with E-state index in [-0.39, 0.29) is 0 Å². The molecule has 0 aliphatic rings. The lowest BCUT2D eigenvalue weighted by Gasteiger charge is -2.06. The fourth-order valence-corrected chi connectivity index (χ4v) is 1.83. The summed E-state index contributed by atoms with van der Waals surface area (Å²) in [6.07, 6.45) is 1.20. The molecule has 3 rings (SSSR count). The molecule has 0 spiro atoms. The molecule has 3 aromatic rings. The van der Waals surface area contributed by atoms with Crippen molar-refractivity contribution in [2.75, 3.05) is 0 Å². The van der Waals surface area contributed by atoms with Gasteiger partial charge in [-0.15, -0.1) is 4.73 Å². The van der Waals surface area contributed by atoms with Gasteiger partial charge >= 0.3 is 5.97 Å². The Labute approximate surface area is 114 Å². The number of carbonyl (C=O) groups excluding carboxylic acids is 1. The fraction of sp³-hybridized carbons (Fsp3) is 0. The van der Waals surface area contributed by atoms with Gasteiger partial charge in [0.05, 0.1) is 16.5 Å². The van der Waals surface area contributed by atoms with E-state index in [4.69, 9.17) is 4.84 Å². The minimum absolute atomic E-state index is 0.368. The van der Waals surface area contributed by atoms with Gasteiger partial charge in [-0.3, -0.25) is 4.79 Å². The fourth-order valence-electron chi connectivity index (χ4n) is 1.83. The van der Waals surface area contributed by atoms with Crippen LogP contribution in [-0.2, 0) is 0 Å². The molecule has 0 bridgehead atoms. The van der Waals surface area contributed by atoms with E-state index in [1.165, 1.54) is 6.33 Å². The quantitative estimate of drug-likeness (QED) is 0.707. The SMILES string of the molecule is O=C(On1cnc2ccccc2c1=O)c1ccccc1. The van der Waals surface area contributed by atoms with Gasteiger partial charge in [0.2, 0.25) is 0 Å². The number of carbonyl (C=O) groups is 1. The lowest BCUT2D eigenvalue weighted by molar-refractivity contribution is 0.0440. The van der Waals surface area contributed by atoms with Crippen LogP contribution in [-0.4, -0.2) is 15.7 Å². The van der Waals surface area contributed by atoms with Gasteiger partial charge in [-0.2, -0.15) is 0 Å². The van der Waals surface area contributed by atoms with Gasteiger partial charge in [-0.1, -0.05) is 30.3 Å². The van der Waals surface area contributed by atoms with Crippen molar-refractivity contribution >= 4 is 16.9 Å². The largest absolute Gasteiger partial charge is 0.363 e. The Morgan fingerprint density at radius 1 is 1.00 bits per heavy atom. The third-order valence-electron chi connectivity index (χ3n) is 2.83. The van der Waals surface area contributed by atoms with Crippen LogP contribution in [0.5, 0.6) is 0 Å². The monoisotopic (exact) mass is 266 g/mol. The number of hydrogen-bond acceptors (Lipinski definition) is 4. The van der Waals surface area contributed by atoms with Crippen molar-refractivity contribution in [2.24, 2.45) is 0 Å². The number of aromatic nitrogens is 2. The van der Waals surface area contributed by atoms with Crippen molar-refractivity contribution in [1.29, 1.82) is 0 Å². The molecule has 0 atom stereocenters. The molecule has 0 N–H and O–H groups in total. The highest BCUT2D eigenvalue weighted by Gasteiger charge is 2.10. The summed E-state index contributed by atoms with van der Waals surface area (Å²) in [4.78, 5) is 33.2. The van der Waals surface area contributed by atoms with Gasteiger partial charge in [0.1, 0.15) is 6.33 Å². The zero-order chi connectivity index (χ0) is 13.9. The molecule has 0 unspecified atom stereocenters. The molecule has 5 nitrogen and oxygen atoms in total. The summed E-state index contributed by atoms with van der Waals surface area (Å²) in [5.41, 5.74) is 0.511. The van der Waals surface area contributed by atoms with Crippen molar-refractivity contribution in [2.45, 2.75) is 0 Å². The van der Waals surface area contributed by atoms with Gasteiger partial charge in [0.25, 0.3) is 5.56 Å². The third kappa shape index (κ3) is 2.16. The highest BCUT2D eigenvalue weighted by atomic mass is 16.7. The van der Waals surface area contributed by atoms with Gasteiger partial charge in [0, 0.05) is 0 Å².